The number of ether oxygens (including phenoxy) is 1. The van der Waals surface area contributed by atoms with Crippen LogP contribution in [0.3, 0.4) is 0 Å². The molecule has 1 aliphatic rings. The topological polar surface area (TPSA) is 38.3 Å². The molecule has 170 valence electrons. The summed E-state index contributed by atoms with van der Waals surface area (Å²) in [4.78, 5) is 12.2. The van der Waals surface area contributed by atoms with E-state index in [4.69, 9.17) is 16.3 Å². The largest absolute Gasteiger partial charge is 0.449 e. The molecule has 3 aromatic carbocycles. The summed E-state index contributed by atoms with van der Waals surface area (Å²) in [6.07, 6.45) is -1.78. The Balaban J connectivity index is 1.30. The van der Waals surface area contributed by atoms with E-state index in [9.17, 15) is 18.0 Å². The molecule has 0 fully saturated rings. The first-order valence-electron chi connectivity index (χ1n) is 10.5. The van der Waals surface area contributed by atoms with Crippen molar-refractivity contribution in [2.75, 3.05) is 13.2 Å². The van der Waals surface area contributed by atoms with Gasteiger partial charge in [0.2, 0.25) is 0 Å². The van der Waals surface area contributed by atoms with Crippen LogP contribution in [0.2, 0.25) is 5.02 Å². The lowest BCUT2D eigenvalue weighted by molar-refractivity contribution is -0.137. The number of alkyl carbamates (subject to hydrolysis) is 1. The Morgan fingerprint density at radius 2 is 1.64 bits per heavy atom. The van der Waals surface area contributed by atoms with Crippen LogP contribution in [-0.4, -0.2) is 19.2 Å². The van der Waals surface area contributed by atoms with Gasteiger partial charge < -0.3 is 10.1 Å². The van der Waals surface area contributed by atoms with Crippen molar-refractivity contribution in [3.05, 3.63) is 100 Å². The van der Waals surface area contributed by atoms with Gasteiger partial charge in [0.25, 0.3) is 0 Å². The van der Waals surface area contributed by atoms with Gasteiger partial charge in [0, 0.05) is 17.5 Å². The van der Waals surface area contributed by atoms with E-state index in [1.54, 1.807) is 6.08 Å². The minimum Gasteiger partial charge on any atom is -0.449 e. The lowest BCUT2D eigenvalue weighted by Crippen LogP contribution is -2.26. The third-order valence-electron chi connectivity index (χ3n) is 5.54. The van der Waals surface area contributed by atoms with Gasteiger partial charge in [-0.2, -0.15) is 13.2 Å². The summed E-state index contributed by atoms with van der Waals surface area (Å²) in [6, 6.07) is 19.5. The highest BCUT2D eigenvalue weighted by Gasteiger charge is 2.32. The standard InChI is InChI=1S/C26H21ClF3NO2/c27-18-12-13-24(26(28,29)30)17(15-18)7-5-6-14-31-25(32)33-16-23-21-10-3-1-8-19(21)20-9-2-4-11-22(20)23/h1-5,7-13,15,23H,6,14,16H2,(H,31,32). The summed E-state index contributed by atoms with van der Waals surface area (Å²) in [7, 11) is 0. The molecule has 7 heteroatoms. The Morgan fingerprint density at radius 1 is 1.00 bits per heavy atom. The molecule has 1 N–H and O–H groups in total. The van der Waals surface area contributed by atoms with Crippen LogP contribution in [0, 0.1) is 0 Å². The zero-order valence-corrected chi connectivity index (χ0v) is 18.3. The number of hydrogen-bond acceptors (Lipinski definition) is 2. The van der Waals surface area contributed by atoms with Crippen LogP contribution in [0.1, 0.15) is 34.6 Å². The summed E-state index contributed by atoms with van der Waals surface area (Å²) in [6.45, 7) is 0.433. The maximum absolute atomic E-state index is 13.1. The van der Waals surface area contributed by atoms with Crippen molar-refractivity contribution in [1.29, 1.82) is 0 Å². The summed E-state index contributed by atoms with van der Waals surface area (Å²) in [5, 5.41) is 2.86. The summed E-state index contributed by atoms with van der Waals surface area (Å²) in [5.41, 5.74) is 3.76. The molecular weight excluding hydrogens is 451 g/mol. The van der Waals surface area contributed by atoms with Gasteiger partial charge in [-0.1, -0.05) is 72.3 Å². The van der Waals surface area contributed by atoms with E-state index >= 15 is 0 Å². The number of rotatable bonds is 6. The monoisotopic (exact) mass is 471 g/mol. The summed E-state index contributed by atoms with van der Waals surface area (Å²) in [5.74, 6) is -0.0355. The highest BCUT2D eigenvalue weighted by atomic mass is 35.5. The van der Waals surface area contributed by atoms with E-state index in [0.717, 1.165) is 28.3 Å². The van der Waals surface area contributed by atoms with Gasteiger partial charge in [0.05, 0.1) is 5.56 Å². The fraction of sp³-hybridized carbons (Fsp3) is 0.192. The number of carbonyl (C=O) groups excluding carboxylic acids is 1. The second-order valence-electron chi connectivity index (χ2n) is 7.67. The van der Waals surface area contributed by atoms with Gasteiger partial charge in [-0.15, -0.1) is 0 Å². The van der Waals surface area contributed by atoms with E-state index in [1.807, 2.05) is 36.4 Å². The molecule has 4 rings (SSSR count). The number of amides is 1. The maximum atomic E-state index is 13.1. The molecule has 0 aromatic heterocycles. The Labute approximate surface area is 194 Å². The molecule has 0 saturated carbocycles. The molecule has 0 heterocycles. The number of fused-ring (bicyclic) bond motifs is 3. The van der Waals surface area contributed by atoms with Crippen molar-refractivity contribution in [3.8, 4) is 11.1 Å². The van der Waals surface area contributed by atoms with Crippen molar-refractivity contribution in [3.63, 3.8) is 0 Å². The number of hydrogen-bond donors (Lipinski definition) is 1. The lowest BCUT2D eigenvalue weighted by atomic mass is 9.98. The van der Waals surface area contributed by atoms with Crippen molar-refractivity contribution in [2.45, 2.75) is 18.5 Å². The highest BCUT2D eigenvalue weighted by molar-refractivity contribution is 6.30. The molecule has 3 nitrogen and oxygen atoms in total. The van der Waals surface area contributed by atoms with E-state index in [2.05, 4.69) is 17.4 Å². The van der Waals surface area contributed by atoms with Crippen molar-refractivity contribution < 1.29 is 22.7 Å². The maximum Gasteiger partial charge on any atom is 0.416 e. The number of nitrogens with one attached hydrogen (secondary N) is 1. The number of halogens is 4. The summed E-state index contributed by atoms with van der Waals surface area (Å²) < 4.78 is 44.8. The molecule has 1 amide bonds. The molecule has 33 heavy (non-hydrogen) atoms. The Hall–Kier alpha value is -3.25. The normalized spacial score (nSPS) is 13.1. The lowest BCUT2D eigenvalue weighted by Gasteiger charge is -2.14. The third kappa shape index (κ3) is 5.22. The second-order valence-corrected chi connectivity index (χ2v) is 8.11. The molecule has 0 unspecified atom stereocenters. The van der Waals surface area contributed by atoms with Crippen LogP contribution >= 0.6 is 11.6 Å². The van der Waals surface area contributed by atoms with Crippen LogP contribution in [0.15, 0.2) is 72.8 Å². The first-order chi connectivity index (χ1) is 15.8. The third-order valence-corrected chi connectivity index (χ3v) is 5.78. The van der Waals surface area contributed by atoms with E-state index in [1.165, 1.54) is 18.2 Å². The van der Waals surface area contributed by atoms with Gasteiger partial charge in [-0.05, 0) is 52.4 Å². The molecule has 0 saturated heterocycles. The number of alkyl halides is 3. The molecule has 0 radical (unpaired) electrons. The first-order valence-corrected chi connectivity index (χ1v) is 10.8. The minimum atomic E-state index is -4.47. The molecule has 0 atom stereocenters. The Bertz CT molecular complexity index is 1140. The molecule has 1 aliphatic carbocycles. The van der Waals surface area contributed by atoms with Gasteiger partial charge >= 0.3 is 12.3 Å². The predicted octanol–water partition coefficient (Wildman–Crippen LogP) is 7.30. The van der Waals surface area contributed by atoms with E-state index < -0.39 is 17.8 Å². The van der Waals surface area contributed by atoms with Crippen molar-refractivity contribution >= 4 is 23.8 Å². The summed E-state index contributed by atoms with van der Waals surface area (Å²) >= 11 is 5.83. The van der Waals surface area contributed by atoms with E-state index in [0.29, 0.717) is 6.42 Å². The number of carbonyl (C=O) groups is 1. The van der Waals surface area contributed by atoms with Crippen LogP contribution in [0.4, 0.5) is 18.0 Å². The minimum absolute atomic E-state index is 0.0175. The second kappa shape index (κ2) is 9.71. The molecule has 0 spiro atoms. The Kier molecular flexibility index (Phi) is 6.75. The number of benzene rings is 3. The zero-order valence-electron chi connectivity index (χ0n) is 17.5. The fourth-order valence-corrected chi connectivity index (χ4v) is 4.23. The van der Waals surface area contributed by atoms with Crippen LogP contribution in [0.5, 0.6) is 0 Å². The highest BCUT2D eigenvalue weighted by Crippen LogP contribution is 2.44. The van der Waals surface area contributed by atoms with Crippen LogP contribution < -0.4 is 5.32 Å². The molecule has 0 bridgehead atoms. The first kappa shape index (κ1) is 22.9. The smallest absolute Gasteiger partial charge is 0.416 e. The SMILES string of the molecule is O=C(NCCC=Cc1cc(Cl)ccc1C(F)(F)F)OCC1c2ccccc2-c2ccccc21. The van der Waals surface area contributed by atoms with Crippen LogP contribution in [0.25, 0.3) is 17.2 Å². The van der Waals surface area contributed by atoms with Crippen molar-refractivity contribution in [1.82, 2.24) is 5.32 Å². The molecule has 0 aliphatic heterocycles. The Morgan fingerprint density at radius 3 is 2.27 bits per heavy atom. The average Bonchev–Trinajstić information content (AvgIpc) is 3.10. The van der Waals surface area contributed by atoms with Crippen LogP contribution in [-0.2, 0) is 10.9 Å². The quantitative estimate of drug-likeness (QED) is 0.383. The molecule has 3 aromatic rings. The molecular formula is C26H21ClF3NO2. The van der Waals surface area contributed by atoms with E-state index in [-0.39, 0.29) is 29.7 Å². The van der Waals surface area contributed by atoms with Gasteiger partial charge in [-0.3, -0.25) is 0 Å². The fourth-order valence-electron chi connectivity index (χ4n) is 4.05. The van der Waals surface area contributed by atoms with Gasteiger partial charge in [0.15, 0.2) is 0 Å². The average molecular weight is 472 g/mol. The van der Waals surface area contributed by atoms with Crippen molar-refractivity contribution in [2.24, 2.45) is 0 Å². The van der Waals surface area contributed by atoms with Gasteiger partial charge in [0.1, 0.15) is 6.61 Å². The predicted molar refractivity (Wildman–Crippen MR) is 123 cm³/mol. The zero-order chi connectivity index (χ0) is 23.4. The van der Waals surface area contributed by atoms with Gasteiger partial charge in [-0.25, -0.2) is 4.79 Å².